The quantitative estimate of drug-likeness (QED) is 0.585. The van der Waals surface area contributed by atoms with Crippen LogP contribution in [-0.2, 0) is 20.0 Å². The van der Waals surface area contributed by atoms with Gasteiger partial charge in [0.2, 0.25) is 20.0 Å². The summed E-state index contributed by atoms with van der Waals surface area (Å²) >= 11 is 0. The summed E-state index contributed by atoms with van der Waals surface area (Å²) in [7, 11) is -5.07. The minimum absolute atomic E-state index is 0.0107. The van der Waals surface area contributed by atoms with Crippen LogP contribution in [0.3, 0.4) is 0 Å². The fourth-order valence-corrected chi connectivity index (χ4v) is 4.93. The van der Waals surface area contributed by atoms with Crippen LogP contribution < -0.4 is 19.5 Å². The number of benzene rings is 2. The van der Waals surface area contributed by atoms with Crippen LogP contribution in [0, 0.1) is 0 Å². The number of amides is 1. The minimum Gasteiger partial charge on any atom is -0.495 e. The number of hydrogen-bond donors (Lipinski definition) is 3. The first-order chi connectivity index (χ1) is 13.8. The number of carbonyl (C=O) groups excluding carboxylic acids is 1. The van der Waals surface area contributed by atoms with Gasteiger partial charge in [0, 0.05) is 16.8 Å². The zero-order valence-electron chi connectivity index (χ0n) is 17.3. The smallest absolute Gasteiger partial charge is 0.255 e. The molecular weight excluding hydrogens is 430 g/mol. The lowest BCUT2D eigenvalue weighted by Gasteiger charge is -2.20. The van der Waals surface area contributed by atoms with Crippen LogP contribution in [0.2, 0.25) is 0 Å². The average molecular weight is 456 g/mol. The van der Waals surface area contributed by atoms with Gasteiger partial charge in [-0.15, -0.1) is 0 Å². The highest BCUT2D eigenvalue weighted by Gasteiger charge is 2.23. The molecule has 0 bridgehead atoms. The van der Waals surface area contributed by atoms with Crippen LogP contribution in [0.5, 0.6) is 5.75 Å². The van der Waals surface area contributed by atoms with E-state index in [-0.39, 0.29) is 26.8 Å². The summed E-state index contributed by atoms with van der Waals surface area (Å²) in [6, 6.07) is 9.72. The molecule has 0 saturated heterocycles. The Hall–Kier alpha value is -2.47. The normalized spacial score (nSPS) is 12.4. The zero-order chi connectivity index (χ0) is 22.7. The number of sulfonamides is 2. The molecule has 3 N–H and O–H groups in total. The Morgan fingerprint density at radius 1 is 0.967 bits per heavy atom. The topological polar surface area (TPSA) is 131 Å². The maximum absolute atomic E-state index is 12.6. The first-order valence-electron chi connectivity index (χ1n) is 8.86. The SMILES string of the molecule is CNS(=O)(=O)c1cc(C(=O)Nc2cccc(S(=O)(=O)NC(C)(C)C)c2)ccc1OC. The summed E-state index contributed by atoms with van der Waals surface area (Å²) in [5.41, 5.74) is -0.368. The standard InChI is InChI=1S/C19H25N3O6S2/c1-19(2,3)22-29(24,25)15-8-6-7-14(12-15)21-18(23)13-9-10-16(28-5)17(11-13)30(26,27)20-4/h6-12,20,22H,1-5H3,(H,21,23). The van der Waals surface area contributed by atoms with E-state index in [2.05, 4.69) is 14.8 Å². The molecule has 2 aromatic rings. The zero-order valence-corrected chi connectivity index (χ0v) is 18.9. The van der Waals surface area contributed by atoms with Gasteiger partial charge in [-0.2, -0.15) is 0 Å². The molecule has 30 heavy (non-hydrogen) atoms. The van der Waals surface area contributed by atoms with Crippen molar-refractivity contribution in [1.82, 2.24) is 9.44 Å². The highest BCUT2D eigenvalue weighted by Crippen LogP contribution is 2.25. The molecular formula is C19H25N3O6S2. The van der Waals surface area contributed by atoms with Crippen molar-refractivity contribution in [3.63, 3.8) is 0 Å². The van der Waals surface area contributed by atoms with Crippen molar-refractivity contribution >= 4 is 31.6 Å². The van der Waals surface area contributed by atoms with Crippen LogP contribution in [0.4, 0.5) is 5.69 Å². The molecule has 1 amide bonds. The minimum atomic E-state index is -3.86. The highest BCUT2D eigenvalue weighted by atomic mass is 32.2. The van der Waals surface area contributed by atoms with Gasteiger partial charge in [0.1, 0.15) is 10.6 Å². The molecule has 0 spiro atoms. The predicted molar refractivity (Wildman–Crippen MR) is 114 cm³/mol. The lowest BCUT2D eigenvalue weighted by Crippen LogP contribution is -2.40. The van der Waals surface area contributed by atoms with Crippen molar-refractivity contribution in [3.8, 4) is 5.75 Å². The van der Waals surface area contributed by atoms with Crippen molar-refractivity contribution in [2.45, 2.75) is 36.1 Å². The maximum atomic E-state index is 12.6. The lowest BCUT2D eigenvalue weighted by atomic mass is 10.1. The molecule has 0 aliphatic heterocycles. The van der Waals surface area contributed by atoms with Gasteiger partial charge in [0.25, 0.3) is 5.91 Å². The fraction of sp³-hybridized carbons (Fsp3) is 0.316. The van der Waals surface area contributed by atoms with E-state index in [0.717, 1.165) is 0 Å². The van der Waals surface area contributed by atoms with Crippen molar-refractivity contribution in [2.75, 3.05) is 19.5 Å². The third-order valence-corrected chi connectivity index (χ3v) is 7.02. The largest absolute Gasteiger partial charge is 0.495 e. The number of methoxy groups -OCH3 is 1. The van der Waals surface area contributed by atoms with E-state index in [1.54, 1.807) is 20.8 Å². The number of nitrogens with one attached hydrogen (secondary N) is 3. The van der Waals surface area contributed by atoms with Crippen LogP contribution in [0.25, 0.3) is 0 Å². The Balaban J connectivity index is 2.35. The second-order valence-corrected chi connectivity index (χ2v) is 10.9. The second-order valence-electron chi connectivity index (χ2n) is 7.41. The van der Waals surface area contributed by atoms with Gasteiger partial charge >= 0.3 is 0 Å². The Labute approximate surface area is 176 Å². The summed E-state index contributed by atoms with van der Waals surface area (Å²) in [4.78, 5) is 12.4. The lowest BCUT2D eigenvalue weighted by molar-refractivity contribution is 0.102. The Morgan fingerprint density at radius 2 is 1.63 bits per heavy atom. The molecule has 0 atom stereocenters. The number of anilines is 1. The summed E-state index contributed by atoms with van der Waals surface area (Å²) in [6.07, 6.45) is 0. The highest BCUT2D eigenvalue weighted by molar-refractivity contribution is 7.89. The molecule has 0 radical (unpaired) electrons. The van der Waals surface area contributed by atoms with E-state index >= 15 is 0 Å². The van der Waals surface area contributed by atoms with Gasteiger partial charge in [-0.05, 0) is 64.2 Å². The third-order valence-electron chi connectivity index (χ3n) is 3.83. The number of rotatable bonds is 7. The molecule has 0 saturated carbocycles. The molecule has 0 aromatic heterocycles. The summed E-state index contributed by atoms with van der Waals surface area (Å²) < 4.78 is 59.2. The number of ether oxygens (including phenoxy) is 1. The average Bonchev–Trinajstić information content (AvgIpc) is 2.65. The van der Waals surface area contributed by atoms with Gasteiger partial charge in [-0.25, -0.2) is 26.3 Å². The number of hydrogen-bond acceptors (Lipinski definition) is 6. The molecule has 2 rings (SSSR count). The number of carbonyl (C=O) groups is 1. The van der Waals surface area contributed by atoms with Gasteiger partial charge in [0.15, 0.2) is 0 Å². The van der Waals surface area contributed by atoms with Gasteiger partial charge in [-0.3, -0.25) is 4.79 Å². The molecule has 0 aliphatic carbocycles. The maximum Gasteiger partial charge on any atom is 0.255 e. The molecule has 9 nitrogen and oxygen atoms in total. The molecule has 164 valence electrons. The summed E-state index contributed by atoms with van der Waals surface area (Å²) in [5.74, 6) is -0.522. The molecule has 0 fully saturated rings. The van der Waals surface area contributed by atoms with Crippen molar-refractivity contribution in [3.05, 3.63) is 48.0 Å². The van der Waals surface area contributed by atoms with Crippen molar-refractivity contribution in [2.24, 2.45) is 0 Å². The van der Waals surface area contributed by atoms with Gasteiger partial charge in [0.05, 0.1) is 12.0 Å². The van der Waals surface area contributed by atoms with E-state index < -0.39 is 31.5 Å². The molecule has 0 unspecified atom stereocenters. The summed E-state index contributed by atoms with van der Waals surface area (Å²) in [6.45, 7) is 5.16. The van der Waals surface area contributed by atoms with Gasteiger partial charge < -0.3 is 10.1 Å². The first kappa shape index (κ1) is 23.8. The van der Waals surface area contributed by atoms with E-state index in [1.165, 1.54) is 56.6 Å². The molecule has 2 aromatic carbocycles. The van der Waals surface area contributed by atoms with Crippen LogP contribution in [0.15, 0.2) is 52.3 Å². The molecule has 0 aliphatic rings. The predicted octanol–water partition coefficient (Wildman–Crippen LogP) is 1.93. The molecule has 11 heteroatoms. The van der Waals surface area contributed by atoms with Crippen molar-refractivity contribution in [1.29, 1.82) is 0 Å². The Morgan fingerprint density at radius 3 is 2.20 bits per heavy atom. The first-order valence-corrected chi connectivity index (χ1v) is 11.8. The fourth-order valence-electron chi connectivity index (χ4n) is 2.54. The van der Waals surface area contributed by atoms with Gasteiger partial charge in [-0.1, -0.05) is 6.07 Å². The monoisotopic (exact) mass is 455 g/mol. The van der Waals surface area contributed by atoms with Crippen LogP contribution in [0.1, 0.15) is 31.1 Å². The molecule has 0 heterocycles. The third kappa shape index (κ3) is 5.79. The van der Waals surface area contributed by atoms with E-state index in [4.69, 9.17) is 4.74 Å². The van der Waals surface area contributed by atoms with Crippen LogP contribution in [-0.4, -0.2) is 42.4 Å². The summed E-state index contributed by atoms with van der Waals surface area (Å²) in [5, 5.41) is 2.58. The van der Waals surface area contributed by atoms with E-state index in [0.29, 0.717) is 0 Å². The van der Waals surface area contributed by atoms with E-state index in [1.807, 2.05) is 0 Å². The van der Waals surface area contributed by atoms with E-state index in [9.17, 15) is 21.6 Å². The van der Waals surface area contributed by atoms with Crippen LogP contribution >= 0.6 is 0 Å². The Bertz CT molecular complexity index is 1150. The Kier molecular flexibility index (Phi) is 6.92. The van der Waals surface area contributed by atoms with Crippen molar-refractivity contribution < 1.29 is 26.4 Å². The second kappa shape index (κ2) is 8.72.